The second-order valence-electron chi connectivity index (χ2n) is 6.77. The van der Waals surface area contributed by atoms with E-state index in [0.717, 1.165) is 36.4 Å². The maximum absolute atomic E-state index is 12.8. The minimum Gasteiger partial charge on any atom is -0.454 e. The number of halogens is 3. The number of H-pyrrole nitrogens is 1. The fourth-order valence-electron chi connectivity index (χ4n) is 3.19. The van der Waals surface area contributed by atoms with Gasteiger partial charge in [-0.25, -0.2) is 0 Å². The van der Waals surface area contributed by atoms with Gasteiger partial charge in [0.1, 0.15) is 5.69 Å². The van der Waals surface area contributed by atoms with E-state index >= 15 is 0 Å². The first kappa shape index (κ1) is 19.8. The number of nitrogens with one attached hydrogen (secondary N) is 2. The molecule has 30 heavy (non-hydrogen) atoms. The summed E-state index contributed by atoms with van der Waals surface area (Å²) in [6.45, 7) is 2.13. The molecule has 0 saturated carbocycles. The van der Waals surface area contributed by atoms with Gasteiger partial charge in [-0.1, -0.05) is 13.3 Å². The third kappa shape index (κ3) is 3.83. The Hall–Kier alpha value is -3.49. The summed E-state index contributed by atoms with van der Waals surface area (Å²) in [4.78, 5) is 12.7. The molecular weight excluding hydrogens is 399 g/mol. The Bertz CT molecular complexity index is 1080. The van der Waals surface area contributed by atoms with Gasteiger partial charge >= 0.3 is 6.18 Å². The standard InChI is InChI=1S/C21H18F3N3O3/c1-2-3-15-19(25-20(28)12-4-7-14(8-5-12)21(22,23)24)18(27-26-15)13-6-9-16-17(10-13)30-11-29-16/h4-10H,2-3,11H2,1H3,(H,25,28)(H,26,27). The van der Waals surface area contributed by atoms with Crippen molar-refractivity contribution in [3.8, 4) is 22.8 Å². The number of carbonyl (C=O) groups excluding carboxylic acids is 1. The quantitative estimate of drug-likeness (QED) is 0.611. The number of rotatable bonds is 5. The van der Waals surface area contributed by atoms with E-state index in [1.807, 2.05) is 6.92 Å². The average molecular weight is 417 g/mol. The number of anilines is 1. The molecule has 3 aromatic rings. The molecule has 1 aromatic heterocycles. The molecule has 0 atom stereocenters. The van der Waals surface area contributed by atoms with E-state index in [9.17, 15) is 18.0 Å². The van der Waals surface area contributed by atoms with Crippen LogP contribution in [-0.2, 0) is 12.6 Å². The number of aryl methyl sites for hydroxylation is 1. The summed E-state index contributed by atoms with van der Waals surface area (Å²) < 4.78 is 49.0. The average Bonchev–Trinajstić information content (AvgIpc) is 3.34. The van der Waals surface area contributed by atoms with Crippen LogP contribution >= 0.6 is 0 Å². The Kier molecular flexibility index (Phi) is 5.11. The number of aromatic nitrogens is 2. The summed E-state index contributed by atoms with van der Waals surface area (Å²) >= 11 is 0. The lowest BCUT2D eigenvalue weighted by Crippen LogP contribution is -2.14. The first-order valence-corrected chi connectivity index (χ1v) is 9.32. The fourth-order valence-corrected chi connectivity index (χ4v) is 3.19. The molecule has 0 saturated heterocycles. The Morgan fingerprint density at radius 1 is 1.13 bits per heavy atom. The smallest absolute Gasteiger partial charge is 0.416 e. The van der Waals surface area contributed by atoms with Crippen molar-refractivity contribution in [3.63, 3.8) is 0 Å². The normalized spacial score (nSPS) is 12.8. The molecule has 0 radical (unpaired) electrons. The van der Waals surface area contributed by atoms with Crippen molar-refractivity contribution in [2.75, 3.05) is 12.1 Å². The highest BCUT2D eigenvalue weighted by Gasteiger charge is 2.30. The van der Waals surface area contributed by atoms with Crippen molar-refractivity contribution in [2.24, 2.45) is 0 Å². The lowest BCUT2D eigenvalue weighted by molar-refractivity contribution is -0.137. The lowest BCUT2D eigenvalue weighted by Gasteiger charge is -2.10. The van der Waals surface area contributed by atoms with Gasteiger partial charge in [-0.15, -0.1) is 0 Å². The minimum absolute atomic E-state index is 0.114. The van der Waals surface area contributed by atoms with Crippen molar-refractivity contribution in [3.05, 3.63) is 59.3 Å². The molecule has 1 amide bonds. The van der Waals surface area contributed by atoms with Gasteiger partial charge in [-0.3, -0.25) is 9.89 Å². The van der Waals surface area contributed by atoms with Crippen LogP contribution in [0.15, 0.2) is 42.5 Å². The molecule has 6 nitrogen and oxygen atoms in total. The van der Waals surface area contributed by atoms with Gasteiger partial charge in [0.2, 0.25) is 6.79 Å². The number of aromatic amines is 1. The van der Waals surface area contributed by atoms with E-state index in [1.54, 1.807) is 18.2 Å². The van der Waals surface area contributed by atoms with Crippen molar-refractivity contribution in [1.29, 1.82) is 0 Å². The van der Waals surface area contributed by atoms with Crippen molar-refractivity contribution < 1.29 is 27.4 Å². The number of amides is 1. The summed E-state index contributed by atoms with van der Waals surface area (Å²) in [5.41, 5.74) is 1.74. The number of benzene rings is 2. The number of carbonyl (C=O) groups is 1. The summed E-state index contributed by atoms with van der Waals surface area (Å²) in [5.74, 6) is 0.676. The SMILES string of the molecule is CCCc1[nH]nc(-c2ccc3c(c2)OCO3)c1NC(=O)c1ccc(C(F)(F)F)cc1. The highest BCUT2D eigenvalue weighted by atomic mass is 19.4. The predicted molar refractivity (Wildman–Crippen MR) is 104 cm³/mol. The van der Waals surface area contributed by atoms with Crippen molar-refractivity contribution in [2.45, 2.75) is 25.9 Å². The fraction of sp³-hybridized carbons (Fsp3) is 0.238. The van der Waals surface area contributed by atoms with Gasteiger partial charge in [-0.2, -0.15) is 18.3 Å². The number of ether oxygens (including phenoxy) is 2. The van der Waals surface area contributed by atoms with Gasteiger partial charge in [0.05, 0.1) is 16.9 Å². The number of hydrogen-bond donors (Lipinski definition) is 2. The second-order valence-corrected chi connectivity index (χ2v) is 6.77. The zero-order valence-corrected chi connectivity index (χ0v) is 16.0. The monoisotopic (exact) mass is 417 g/mol. The van der Waals surface area contributed by atoms with Gasteiger partial charge in [0, 0.05) is 11.1 Å². The Labute approximate surface area is 170 Å². The minimum atomic E-state index is -4.46. The van der Waals surface area contributed by atoms with Crippen molar-refractivity contribution in [1.82, 2.24) is 10.2 Å². The van der Waals surface area contributed by atoms with E-state index in [2.05, 4.69) is 15.5 Å². The number of alkyl halides is 3. The van der Waals surface area contributed by atoms with Crippen LogP contribution in [-0.4, -0.2) is 22.9 Å². The molecule has 0 bridgehead atoms. The molecule has 0 aliphatic carbocycles. The first-order chi connectivity index (χ1) is 14.4. The third-order valence-corrected chi connectivity index (χ3v) is 4.70. The van der Waals surface area contributed by atoms with E-state index in [1.165, 1.54) is 0 Å². The molecule has 9 heteroatoms. The summed E-state index contributed by atoms with van der Waals surface area (Å²) in [6.07, 6.45) is -3.01. The van der Waals surface area contributed by atoms with Gasteiger partial charge in [0.25, 0.3) is 5.91 Å². The zero-order valence-electron chi connectivity index (χ0n) is 16.0. The molecule has 156 valence electrons. The molecular formula is C21H18F3N3O3. The van der Waals surface area contributed by atoms with Crippen LogP contribution in [0.2, 0.25) is 0 Å². The van der Waals surface area contributed by atoms with Crippen LogP contribution in [0, 0.1) is 0 Å². The van der Waals surface area contributed by atoms with Gasteiger partial charge in [0.15, 0.2) is 11.5 Å². The maximum atomic E-state index is 12.8. The summed E-state index contributed by atoms with van der Waals surface area (Å²) in [5, 5.41) is 10.1. The van der Waals surface area contributed by atoms with Crippen LogP contribution in [0.3, 0.4) is 0 Å². The highest BCUT2D eigenvalue weighted by Crippen LogP contribution is 2.38. The van der Waals surface area contributed by atoms with Crippen LogP contribution in [0.1, 0.15) is 35.0 Å². The molecule has 2 N–H and O–H groups in total. The lowest BCUT2D eigenvalue weighted by atomic mass is 10.1. The number of fused-ring (bicyclic) bond motifs is 1. The van der Waals surface area contributed by atoms with Crippen LogP contribution in [0.4, 0.5) is 18.9 Å². The Morgan fingerprint density at radius 3 is 2.57 bits per heavy atom. The van der Waals surface area contributed by atoms with E-state index in [4.69, 9.17) is 9.47 Å². The highest BCUT2D eigenvalue weighted by molar-refractivity contribution is 6.06. The topological polar surface area (TPSA) is 76.2 Å². The molecule has 1 aliphatic rings. The molecule has 0 spiro atoms. The largest absolute Gasteiger partial charge is 0.454 e. The predicted octanol–water partition coefficient (Wildman–Crippen LogP) is 5.03. The van der Waals surface area contributed by atoms with E-state index in [0.29, 0.717) is 34.9 Å². The zero-order chi connectivity index (χ0) is 21.3. The first-order valence-electron chi connectivity index (χ1n) is 9.32. The van der Waals surface area contributed by atoms with Gasteiger partial charge in [-0.05, 0) is 48.9 Å². The molecule has 1 aliphatic heterocycles. The van der Waals surface area contributed by atoms with Crippen LogP contribution < -0.4 is 14.8 Å². The van der Waals surface area contributed by atoms with E-state index < -0.39 is 17.6 Å². The summed E-state index contributed by atoms with van der Waals surface area (Å²) in [6, 6.07) is 9.39. The Morgan fingerprint density at radius 2 is 1.87 bits per heavy atom. The van der Waals surface area contributed by atoms with Gasteiger partial charge < -0.3 is 14.8 Å². The maximum Gasteiger partial charge on any atom is 0.416 e. The number of nitrogens with zero attached hydrogens (tertiary/aromatic N) is 1. The van der Waals surface area contributed by atoms with E-state index in [-0.39, 0.29) is 12.4 Å². The third-order valence-electron chi connectivity index (χ3n) is 4.70. The molecule has 0 unspecified atom stereocenters. The van der Waals surface area contributed by atoms with Crippen LogP contribution in [0.5, 0.6) is 11.5 Å². The molecule has 0 fully saturated rings. The number of hydrogen-bond acceptors (Lipinski definition) is 4. The van der Waals surface area contributed by atoms with Crippen molar-refractivity contribution >= 4 is 11.6 Å². The summed E-state index contributed by atoms with van der Waals surface area (Å²) in [7, 11) is 0. The Balaban J connectivity index is 1.64. The molecule has 2 aromatic carbocycles. The van der Waals surface area contributed by atoms with Crippen LogP contribution in [0.25, 0.3) is 11.3 Å². The molecule has 4 rings (SSSR count). The second kappa shape index (κ2) is 7.74. The molecule has 2 heterocycles.